The summed E-state index contributed by atoms with van der Waals surface area (Å²) in [4.78, 5) is 48.8. The molecule has 0 bridgehead atoms. The van der Waals surface area contributed by atoms with Crippen LogP contribution < -0.4 is 15.8 Å². The number of fused-ring (bicyclic) bond motifs is 3. The minimum atomic E-state index is -4.46. The Kier molecular flexibility index (Phi) is 7.52. The van der Waals surface area contributed by atoms with Gasteiger partial charge in [-0.1, -0.05) is 6.92 Å². The largest absolute Gasteiger partial charge is 0.444 e. The van der Waals surface area contributed by atoms with Crippen LogP contribution in [0.5, 0.6) is 0 Å². The van der Waals surface area contributed by atoms with Crippen molar-refractivity contribution in [2.24, 2.45) is 11.8 Å². The van der Waals surface area contributed by atoms with Gasteiger partial charge in [0.15, 0.2) is 5.82 Å². The average molecular weight is 658 g/mol. The molecule has 0 radical (unpaired) electrons. The van der Waals surface area contributed by atoms with Gasteiger partial charge in [-0.2, -0.15) is 22.7 Å². The van der Waals surface area contributed by atoms with Gasteiger partial charge in [0.05, 0.1) is 24.5 Å². The molecule has 2 saturated heterocycles. The van der Waals surface area contributed by atoms with E-state index in [1.54, 1.807) is 30.2 Å². The van der Waals surface area contributed by atoms with E-state index in [-0.39, 0.29) is 29.4 Å². The van der Waals surface area contributed by atoms with Crippen molar-refractivity contribution < 1.29 is 32.2 Å². The first-order chi connectivity index (χ1) is 22.2. The highest BCUT2D eigenvalue weighted by atomic mass is 19.4. The maximum atomic E-state index is 14.1. The predicted octanol–water partition coefficient (Wildman–Crippen LogP) is 3.63. The summed E-state index contributed by atoms with van der Waals surface area (Å²) in [7, 11) is 0. The molecular weight excluding hydrogens is 619 g/mol. The number of aromatic nitrogens is 4. The van der Waals surface area contributed by atoms with Crippen molar-refractivity contribution in [3.05, 3.63) is 50.7 Å². The highest BCUT2D eigenvalue weighted by Crippen LogP contribution is 2.56. The summed E-state index contributed by atoms with van der Waals surface area (Å²) >= 11 is 0. The zero-order chi connectivity index (χ0) is 33.4. The Morgan fingerprint density at radius 3 is 2.32 bits per heavy atom. The number of nitrogens with one attached hydrogen (secondary N) is 1. The first-order valence-electron chi connectivity index (χ1n) is 16.1. The highest BCUT2D eigenvalue weighted by molar-refractivity contribution is 5.92. The molecule has 2 aromatic heterocycles. The van der Waals surface area contributed by atoms with Gasteiger partial charge < -0.3 is 29.2 Å². The van der Waals surface area contributed by atoms with Crippen LogP contribution in [0.25, 0.3) is 5.78 Å². The molecule has 7 rings (SSSR count). The molecule has 0 spiro atoms. The fraction of sp³-hybridized carbons (Fsp3) is 0.594. The summed E-state index contributed by atoms with van der Waals surface area (Å²) in [6.45, 7) is 9.70. The molecule has 2 unspecified atom stereocenters. The predicted molar refractivity (Wildman–Crippen MR) is 165 cm³/mol. The number of carbonyl (C=O) groups is 2. The van der Waals surface area contributed by atoms with Gasteiger partial charge in [0.25, 0.3) is 5.56 Å². The third kappa shape index (κ3) is 5.61. The third-order valence-electron chi connectivity index (χ3n) is 9.61. The number of amides is 2. The molecule has 4 aliphatic rings. The molecule has 2 aliphatic heterocycles. The van der Waals surface area contributed by atoms with Crippen molar-refractivity contribution >= 4 is 29.2 Å². The van der Waals surface area contributed by atoms with Gasteiger partial charge in [-0.3, -0.25) is 9.59 Å². The smallest absolute Gasteiger partial charge is 0.416 e. The lowest BCUT2D eigenvalue weighted by Gasteiger charge is -2.37. The van der Waals surface area contributed by atoms with Crippen LogP contribution in [0.4, 0.5) is 29.3 Å². The fourth-order valence-electron chi connectivity index (χ4n) is 7.20. The van der Waals surface area contributed by atoms with Crippen molar-refractivity contribution in [3.63, 3.8) is 0 Å². The summed E-state index contributed by atoms with van der Waals surface area (Å²) in [6, 6.07) is 2.32. The van der Waals surface area contributed by atoms with Crippen molar-refractivity contribution in [1.82, 2.24) is 24.1 Å². The van der Waals surface area contributed by atoms with E-state index in [2.05, 4.69) is 10.4 Å². The Labute approximate surface area is 268 Å². The summed E-state index contributed by atoms with van der Waals surface area (Å²) in [5.41, 5.74) is 0.355. The van der Waals surface area contributed by atoms with Crippen molar-refractivity contribution in [3.8, 4) is 0 Å². The molecule has 4 heterocycles. The van der Waals surface area contributed by atoms with Crippen LogP contribution in [0.2, 0.25) is 0 Å². The number of hydrogen-bond acceptors (Lipinski definition) is 8. The van der Waals surface area contributed by atoms with Crippen molar-refractivity contribution in [2.45, 2.75) is 71.2 Å². The number of benzene rings is 1. The van der Waals surface area contributed by atoms with Crippen LogP contribution >= 0.6 is 0 Å². The Hall–Kier alpha value is -4.14. The van der Waals surface area contributed by atoms with Gasteiger partial charge in [-0.05, 0) is 75.1 Å². The van der Waals surface area contributed by atoms with Gasteiger partial charge in [0.1, 0.15) is 17.8 Å². The van der Waals surface area contributed by atoms with Crippen LogP contribution in [0.15, 0.2) is 16.9 Å². The van der Waals surface area contributed by atoms with E-state index in [1.807, 2.05) is 11.8 Å². The minimum Gasteiger partial charge on any atom is -0.444 e. The van der Waals surface area contributed by atoms with E-state index in [0.29, 0.717) is 98.9 Å². The second-order valence-electron chi connectivity index (χ2n) is 13.7. The normalized spacial score (nSPS) is 22.1. The van der Waals surface area contributed by atoms with Gasteiger partial charge in [0.2, 0.25) is 11.7 Å². The zero-order valence-corrected chi connectivity index (χ0v) is 26.8. The number of carbonyl (C=O) groups excluding carboxylic acids is 2. The fourth-order valence-corrected chi connectivity index (χ4v) is 7.20. The quantitative estimate of drug-likeness (QED) is 0.427. The summed E-state index contributed by atoms with van der Waals surface area (Å²) < 4.78 is 54.5. The van der Waals surface area contributed by atoms with Crippen LogP contribution in [-0.2, 0) is 46.3 Å². The Bertz CT molecular complexity index is 1810. The Morgan fingerprint density at radius 2 is 1.72 bits per heavy atom. The molecular formula is C32H38F3N7O5. The standard InChI is InChI=1S/C32H38F3N7O5/c1-5-23-26(39-10-12-40(13-11-39)30(45)47-31(2,3)4)28(44)42-29(37-27(38-42)25-19-15-46-16-20(19)25)41(23)14-24(43)36-22-9-8-21(32(33,34)35)17-6-7-18(17)22/h8-9,19-20,25H,5-7,10-16H2,1-4H3,(H,36,43). The van der Waals surface area contributed by atoms with E-state index < -0.39 is 29.3 Å². The van der Waals surface area contributed by atoms with E-state index in [1.165, 1.54) is 10.6 Å². The lowest BCUT2D eigenvalue weighted by Crippen LogP contribution is -2.51. The second-order valence-corrected chi connectivity index (χ2v) is 13.7. The lowest BCUT2D eigenvalue weighted by atomic mass is 9.83. The minimum absolute atomic E-state index is 0.0715. The maximum Gasteiger partial charge on any atom is 0.416 e. The SMILES string of the molecule is CCc1c(N2CCN(C(=O)OC(C)(C)C)CC2)c(=O)n2nc(C3C4COCC43)nc2n1CC(=O)Nc1ccc(C(F)(F)F)c2c1CC2. The molecule has 252 valence electrons. The number of piperazine rings is 1. The zero-order valence-electron chi connectivity index (χ0n) is 26.8. The molecule has 3 fully saturated rings. The van der Waals surface area contributed by atoms with Crippen LogP contribution in [0, 0.1) is 11.8 Å². The molecule has 12 nitrogen and oxygen atoms in total. The van der Waals surface area contributed by atoms with Crippen LogP contribution in [0.3, 0.4) is 0 Å². The second kappa shape index (κ2) is 11.2. The number of hydrogen-bond donors (Lipinski definition) is 1. The van der Waals surface area contributed by atoms with Crippen molar-refractivity contribution in [2.75, 3.05) is 49.6 Å². The van der Waals surface area contributed by atoms with Crippen molar-refractivity contribution in [1.29, 1.82) is 0 Å². The molecule has 2 atom stereocenters. The van der Waals surface area contributed by atoms with Crippen LogP contribution in [0.1, 0.15) is 61.8 Å². The molecule has 1 aromatic carbocycles. The number of alkyl halides is 3. The van der Waals surface area contributed by atoms with Gasteiger partial charge in [-0.15, -0.1) is 5.10 Å². The maximum absolute atomic E-state index is 14.1. The van der Waals surface area contributed by atoms with Crippen LogP contribution in [-0.4, -0.2) is 81.1 Å². The van der Waals surface area contributed by atoms with E-state index >= 15 is 0 Å². The lowest BCUT2D eigenvalue weighted by molar-refractivity contribution is -0.138. The summed E-state index contributed by atoms with van der Waals surface area (Å²) in [5, 5.41) is 7.48. The topological polar surface area (TPSA) is 123 Å². The number of halogens is 3. The first kappa shape index (κ1) is 31.5. The van der Waals surface area contributed by atoms with E-state index in [0.717, 1.165) is 6.07 Å². The van der Waals surface area contributed by atoms with E-state index in [9.17, 15) is 27.6 Å². The molecule has 3 aromatic rings. The number of anilines is 2. The monoisotopic (exact) mass is 657 g/mol. The molecule has 1 saturated carbocycles. The molecule has 15 heteroatoms. The molecule has 47 heavy (non-hydrogen) atoms. The molecule has 2 aliphatic carbocycles. The van der Waals surface area contributed by atoms with Gasteiger partial charge >= 0.3 is 12.3 Å². The summed E-state index contributed by atoms with van der Waals surface area (Å²) in [6.07, 6.45) is -3.75. The Morgan fingerprint density at radius 1 is 1.04 bits per heavy atom. The first-order valence-corrected chi connectivity index (χ1v) is 16.1. The molecule has 1 N–H and O–H groups in total. The van der Waals surface area contributed by atoms with Gasteiger partial charge in [-0.25, -0.2) is 4.79 Å². The Balaban J connectivity index is 1.22. The highest BCUT2D eigenvalue weighted by Gasteiger charge is 2.57. The third-order valence-corrected chi connectivity index (χ3v) is 9.61. The number of ether oxygens (including phenoxy) is 2. The van der Waals surface area contributed by atoms with Gasteiger partial charge in [0, 0.05) is 37.8 Å². The van der Waals surface area contributed by atoms with E-state index in [4.69, 9.17) is 14.5 Å². The number of rotatable bonds is 6. The molecule has 2 amide bonds. The average Bonchev–Trinajstić information content (AvgIpc) is 3.29. The summed E-state index contributed by atoms with van der Waals surface area (Å²) in [5.74, 6) is 0.974. The number of nitrogens with zero attached hydrogens (tertiary/aromatic N) is 6.